The van der Waals surface area contributed by atoms with Crippen LogP contribution in [0.25, 0.3) is 11.0 Å². The van der Waals surface area contributed by atoms with Crippen LogP contribution in [0, 0.1) is 0 Å². The van der Waals surface area contributed by atoms with E-state index in [1.165, 1.54) is 11.0 Å². The SMILES string of the molecule is CCn1c[n+](CC)c2ccc(Cl)cc21. The minimum Gasteiger partial charge on any atom is -0.230 e. The van der Waals surface area contributed by atoms with Crippen LogP contribution in [0.15, 0.2) is 24.5 Å². The zero-order valence-electron chi connectivity index (χ0n) is 8.50. The molecule has 14 heavy (non-hydrogen) atoms. The van der Waals surface area contributed by atoms with Crippen LogP contribution in [-0.4, -0.2) is 4.57 Å². The van der Waals surface area contributed by atoms with E-state index in [1.54, 1.807) is 0 Å². The normalized spacial score (nSPS) is 11.1. The van der Waals surface area contributed by atoms with Crippen LogP contribution in [-0.2, 0) is 13.1 Å². The van der Waals surface area contributed by atoms with Gasteiger partial charge >= 0.3 is 0 Å². The Morgan fingerprint density at radius 3 is 2.79 bits per heavy atom. The summed E-state index contributed by atoms with van der Waals surface area (Å²) in [4.78, 5) is 0. The summed E-state index contributed by atoms with van der Waals surface area (Å²) in [6.45, 7) is 6.25. The molecule has 0 amide bonds. The molecular formula is C11H14ClN2+. The Balaban J connectivity index is 2.75. The van der Waals surface area contributed by atoms with E-state index in [4.69, 9.17) is 11.6 Å². The number of hydrogen-bond donors (Lipinski definition) is 0. The Kier molecular flexibility index (Phi) is 2.46. The summed E-state index contributed by atoms with van der Waals surface area (Å²) in [6.07, 6.45) is 2.14. The Labute approximate surface area is 88.7 Å². The van der Waals surface area contributed by atoms with Crippen molar-refractivity contribution in [3.05, 3.63) is 29.5 Å². The van der Waals surface area contributed by atoms with E-state index in [2.05, 4.69) is 35.4 Å². The van der Waals surface area contributed by atoms with Crippen LogP contribution in [0.2, 0.25) is 5.02 Å². The number of fused-ring (bicyclic) bond motifs is 1. The van der Waals surface area contributed by atoms with Gasteiger partial charge in [0.05, 0.1) is 13.1 Å². The molecule has 0 bridgehead atoms. The fourth-order valence-electron chi connectivity index (χ4n) is 1.77. The third kappa shape index (κ3) is 1.40. The van der Waals surface area contributed by atoms with E-state index >= 15 is 0 Å². The first-order valence-electron chi connectivity index (χ1n) is 4.94. The first kappa shape index (κ1) is 9.53. The number of halogens is 1. The summed E-state index contributed by atoms with van der Waals surface area (Å²) in [7, 11) is 0. The highest BCUT2D eigenvalue weighted by molar-refractivity contribution is 6.31. The summed E-state index contributed by atoms with van der Waals surface area (Å²) in [5.74, 6) is 0. The second-order valence-electron chi connectivity index (χ2n) is 3.32. The van der Waals surface area contributed by atoms with E-state index in [0.717, 1.165) is 18.1 Å². The van der Waals surface area contributed by atoms with E-state index < -0.39 is 0 Å². The molecule has 0 saturated carbocycles. The van der Waals surface area contributed by atoms with Crippen molar-refractivity contribution in [3.8, 4) is 0 Å². The number of nitrogens with zero attached hydrogens (tertiary/aromatic N) is 2. The largest absolute Gasteiger partial charge is 0.244 e. The van der Waals surface area contributed by atoms with Crippen LogP contribution in [0.4, 0.5) is 0 Å². The van der Waals surface area contributed by atoms with E-state index in [0.29, 0.717) is 0 Å². The van der Waals surface area contributed by atoms with Gasteiger partial charge in [-0.2, -0.15) is 0 Å². The van der Waals surface area contributed by atoms with E-state index in [1.807, 2.05) is 12.1 Å². The monoisotopic (exact) mass is 209 g/mol. The highest BCUT2D eigenvalue weighted by Crippen LogP contribution is 2.17. The second-order valence-corrected chi connectivity index (χ2v) is 3.76. The smallest absolute Gasteiger partial charge is 0.230 e. The Hall–Kier alpha value is -1.02. The molecule has 0 aliphatic rings. The van der Waals surface area contributed by atoms with Crippen molar-refractivity contribution in [2.45, 2.75) is 26.9 Å². The molecule has 2 nitrogen and oxygen atoms in total. The van der Waals surface area contributed by atoms with Gasteiger partial charge in [0.25, 0.3) is 0 Å². The first-order valence-corrected chi connectivity index (χ1v) is 5.32. The lowest BCUT2D eigenvalue weighted by molar-refractivity contribution is -0.668. The molecule has 0 aliphatic heterocycles. The van der Waals surface area contributed by atoms with Gasteiger partial charge in [0, 0.05) is 11.1 Å². The minimum absolute atomic E-state index is 0.800. The maximum Gasteiger partial charge on any atom is 0.244 e. The number of imidazole rings is 1. The van der Waals surface area contributed by atoms with Gasteiger partial charge in [-0.3, -0.25) is 0 Å². The highest BCUT2D eigenvalue weighted by atomic mass is 35.5. The average molecular weight is 210 g/mol. The Morgan fingerprint density at radius 1 is 1.36 bits per heavy atom. The van der Waals surface area contributed by atoms with Gasteiger partial charge in [0.1, 0.15) is 0 Å². The topological polar surface area (TPSA) is 8.81 Å². The lowest BCUT2D eigenvalue weighted by atomic mass is 10.3. The highest BCUT2D eigenvalue weighted by Gasteiger charge is 2.12. The standard InChI is InChI=1S/C11H14ClN2/c1-3-13-8-14(4-2)11-7-9(12)5-6-10(11)13/h5-8H,3-4H2,1-2H3/q+1. The Bertz CT molecular complexity index is 460. The van der Waals surface area contributed by atoms with Crippen LogP contribution >= 0.6 is 11.6 Å². The predicted octanol–water partition coefficient (Wildman–Crippen LogP) is 2.62. The number of aryl methyl sites for hydroxylation is 2. The molecule has 0 aliphatic carbocycles. The van der Waals surface area contributed by atoms with E-state index in [9.17, 15) is 0 Å². The average Bonchev–Trinajstić information content (AvgIpc) is 2.55. The van der Waals surface area contributed by atoms with Crippen molar-refractivity contribution in [1.29, 1.82) is 0 Å². The van der Waals surface area contributed by atoms with Crippen molar-refractivity contribution in [2.24, 2.45) is 0 Å². The summed E-state index contributed by atoms with van der Waals surface area (Å²) in [5, 5.41) is 0.800. The van der Waals surface area contributed by atoms with Gasteiger partial charge in [-0.1, -0.05) is 11.6 Å². The van der Waals surface area contributed by atoms with Crippen LogP contribution in [0.5, 0.6) is 0 Å². The molecule has 2 rings (SSSR count). The molecule has 1 aromatic heterocycles. The molecular weight excluding hydrogens is 196 g/mol. The number of aromatic nitrogens is 2. The third-order valence-corrected chi connectivity index (χ3v) is 2.75. The second kappa shape index (κ2) is 3.62. The summed E-state index contributed by atoms with van der Waals surface area (Å²) >= 11 is 5.98. The van der Waals surface area contributed by atoms with Crippen LogP contribution in [0.1, 0.15) is 13.8 Å². The van der Waals surface area contributed by atoms with Crippen molar-refractivity contribution in [1.82, 2.24) is 4.57 Å². The lowest BCUT2D eigenvalue weighted by Crippen LogP contribution is -2.30. The number of hydrogen-bond acceptors (Lipinski definition) is 0. The van der Waals surface area contributed by atoms with Crippen molar-refractivity contribution < 1.29 is 4.57 Å². The summed E-state index contributed by atoms with van der Waals surface area (Å²) < 4.78 is 4.44. The molecule has 3 heteroatoms. The van der Waals surface area contributed by atoms with Crippen LogP contribution in [0.3, 0.4) is 0 Å². The van der Waals surface area contributed by atoms with Crippen molar-refractivity contribution in [3.63, 3.8) is 0 Å². The molecule has 2 aromatic rings. The molecule has 0 N–H and O–H groups in total. The maximum absolute atomic E-state index is 5.98. The van der Waals surface area contributed by atoms with Gasteiger partial charge in [-0.15, -0.1) is 0 Å². The van der Waals surface area contributed by atoms with Gasteiger partial charge in [-0.25, -0.2) is 9.13 Å². The first-order chi connectivity index (χ1) is 6.76. The summed E-state index contributed by atoms with van der Waals surface area (Å²) in [6, 6.07) is 6.04. The van der Waals surface area contributed by atoms with E-state index in [-0.39, 0.29) is 0 Å². The molecule has 0 fully saturated rings. The zero-order valence-corrected chi connectivity index (χ0v) is 9.25. The quantitative estimate of drug-likeness (QED) is 0.673. The molecule has 0 unspecified atom stereocenters. The van der Waals surface area contributed by atoms with Gasteiger partial charge in [0.15, 0.2) is 11.0 Å². The maximum atomic E-state index is 5.98. The molecule has 0 saturated heterocycles. The molecule has 1 heterocycles. The fraction of sp³-hybridized carbons (Fsp3) is 0.364. The Morgan fingerprint density at radius 2 is 2.14 bits per heavy atom. The van der Waals surface area contributed by atoms with Crippen molar-refractivity contribution >= 4 is 22.6 Å². The minimum atomic E-state index is 0.800. The number of benzene rings is 1. The predicted molar refractivity (Wildman–Crippen MR) is 58.5 cm³/mol. The lowest BCUT2D eigenvalue weighted by Gasteiger charge is -1.92. The molecule has 0 spiro atoms. The molecule has 0 atom stereocenters. The van der Waals surface area contributed by atoms with Gasteiger partial charge < -0.3 is 0 Å². The van der Waals surface area contributed by atoms with Crippen molar-refractivity contribution in [2.75, 3.05) is 0 Å². The van der Waals surface area contributed by atoms with Gasteiger partial charge in [0.2, 0.25) is 6.33 Å². The zero-order chi connectivity index (χ0) is 10.1. The third-order valence-electron chi connectivity index (χ3n) is 2.52. The number of rotatable bonds is 2. The molecule has 1 aromatic carbocycles. The van der Waals surface area contributed by atoms with Gasteiger partial charge in [-0.05, 0) is 26.0 Å². The molecule has 0 radical (unpaired) electrons. The van der Waals surface area contributed by atoms with Crippen LogP contribution < -0.4 is 4.57 Å². The molecule has 74 valence electrons. The fourth-order valence-corrected chi connectivity index (χ4v) is 1.93. The summed E-state index contributed by atoms with van der Waals surface area (Å²) in [5.41, 5.74) is 2.46.